The summed E-state index contributed by atoms with van der Waals surface area (Å²) in [4.78, 5) is 8.28. The zero-order valence-electron chi connectivity index (χ0n) is 10.4. The van der Waals surface area contributed by atoms with Crippen molar-refractivity contribution < 1.29 is 9.47 Å². The van der Waals surface area contributed by atoms with Crippen LogP contribution in [0, 0.1) is 6.92 Å². The van der Waals surface area contributed by atoms with Gasteiger partial charge in [0.15, 0.2) is 11.5 Å². The van der Waals surface area contributed by atoms with Crippen molar-refractivity contribution in [3.05, 3.63) is 35.4 Å². The second-order valence-electron chi connectivity index (χ2n) is 3.69. The summed E-state index contributed by atoms with van der Waals surface area (Å²) in [6.07, 6.45) is 1.70. The molecular formula is C13H13ClN2O2. The van der Waals surface area contributed by atoms with E-state index in [0.29, 0.717) is 22.5 Å². The molecule has 1 heterocycles. The van der Waals surface area contributed by atoms with Crippen LogP contribution in [0.1, 0.15) is 5.82 Å². The molecule has 0 atom stereocenters. The summed E-state index contributed by atoms with van der Waals surface area (Å²) in [5.74, 6) is 1.96. The Labute approximate surface area is 111 Å². The Morgan fingerprint density at radius 1 is 1.11 bits per heavy atom. The zero-order chi connectivity index (χ0) is 13.1. The van der Waals surface area contributed by atoms with Crippen molar-refractivity contribution in [2.24, 2.45) is 0 Å². The molecule has 1 aromatic heterocycles. The van der Waals surface area contributed by atoms with Crippen LogP contribution in [-0.2, 0) is 0 Å². The lowest BCUT2D eigenvalue weighted by Gasteiger charge is -2.10. The minimum absolute atomic E-state index is 0.426. The summed E-state index contributed by atoms with van der Waals surface area (Å²) in [6, 6.07) is 5.56. The number of benzene rings is 1. The van der Waals surface area contributed by atoms with Gasteiger partial charge in [-0.1, -0.05) is 17.7 Å². The number of ether oxygens (including phenoxy) is 2. The lowest BCUT2D eigenvalue weighted by Crippen LogP contribution is -1.93. The smallest absolute Gasteiger partial charge is 0.161 e. The van der Waals surface area contributed by atoms with Crippen LogP contribution in [0.15, 0.2) is 24.4 Å². The van der Waals surface area contributed by atoms with Gasteiger partial charge < -0.3 is 9.47 Å². The number of methoxy groups -OCH3 is 2. The van der Waals surface area contributed by atoms with Crippen molar-refractivity contribution >= 4 is 11.6 Å². The quantitative estimate of drug-likeness (QED) is 0.799. The SMILES string of the molecule is COc1ccc(-c2cnc(C)nc2Cl)cc1OC. The van der Waals surface area contributed by atoms with E-state index in [4.69, 9.17) is 21.1 Å². The molecule has 94 valence electrons. The Morgan fingerprint density at radius 2 is 1.83 bits per heavy atom. The molecule has 5 heteroatoms. The summed E-state index contributed by atoms with van der Waals surface area (Å²) in [5, 5.41) is 0.426. The van der Waals surface area contributed by atoms with Gasteiger partial charge in [-0.3, -0.25) is 0 Å². The van der Waals surface area contributed by atoms with E-state index in [0.717, 1.165) is 11.1 Å². The van der Waals surface area contributed by atoms with Crippen LogP contribution in [0.25, 0.3) is 11.1 Å². The average molecular weight is 265 g/mol. The molecule has 2 rings (SSSR count). The molecule has 0 fully saturated rings. The predicted octanol–water partition coefficient (Wildman–Crippen LogP) is 3.12. The molecule has 0 aliphatic rings. The van der Waals surface area contributed by atoms with E-state index in [-0.39, 0.29) is 0 Å². The molecule has 0 radical (unpaired) electrons. The number of halogens is 1. The maximum Gasteiger partial charge on any atom is 0.161 e. The van der Waals surface area contributed by atoms with Crippen LogP contribution in [0.5, 0.6) is 11.5 Å². The molecule has 18 heavy (non-hydrogen) atoms. The fraction of sp³-hybridized carbons (Fsp3) is 0.231. The Balaban J connectivity index is 2.51. The molecule has 0 saturated carbocycles. The first-order chi connectivity index (χ1) is 8.65. The number of hydrogen-bond donors (Lipinski definition) is 0. The van der Waals surface area contributed by atoms with Gasteiger partial charge in [0.05, 0.1) is 14.2 Å². The molecular weight excluding hydrogens is 252 g/mol. The molecule has 0 N–H and O–H groups in total. The molecule has 0 saturated heterocycles. The van der Waals surface area contributed by atoms with Crippen molar-refractivity contribution in [2.75, 3.05) is 14.2 Å². The second-order valence-corrected chi connectivity index (χ2v) is 4.05. The molecule has 1 aromatic carbocycles. The maximum absolute atomic E-state index is 6.11. The highest BCUT2D eigenvalue weighted by Gasteiger charge is 2.10. The van der Waals surface area contributed by atoms with Crippen molar-refractivity contribution in [2.45, 2.75) is 6.92 Å². The first kappa shape index (κ1) is 12.6. The Morgan fingerprint density at radius 3 is 2.44 bits per heavy atom. The van der Waals surface area contributed by atoms with Crippen LogP contribution in [0.4, 0.5) is 0 Å². The predicted molar refractivity (Wildman–Crippen MR) is 70.3 cm³/mol. The third-order valence-electron chi connectivity index (χ3n) is 2.56. The highest BCUT2D eigenvalue weighted by molar-refractivity contribution is 6.32. The first-order valence-electron chi connectivity index (χ1n) is 5.37. The molecule has 2 aromatic rings. The van der Waals surface area contributed by atoms with Crippen molar-refractivity contribution in [3.8, 4) is 22.6 Å². The number of aryl methyl sites for hydroxylation is 1. The Hall–Kier alpha value is -1.81. The first-order valence-corrected chi connectivity index (χ1v) is 5.75. The molecule has 0 spiro atoms. The maximum atomic E-state index is 6.11. The van der Waals surface area contributed by atoms with Gasteiger partial charge in [-0.2, -0.15) is 0 Å². The second kappa shape index (κ2) is 5.23. The van der Waals surface area contributed by atoms with Gasteiger partial charge in [0.1, 0.15) is 11.0 Å². The van der Waals surface area contributed by atoms with E-state index in [9.17, 15) is 0 Å². The lowest BCUT2D eigenvalue weighted by molar-refractivity contribution is 0.355. The highest BCUT2D eigenvalue weighted by atomic mass is 35.5. The number of nitrogens with zero attached hydrogens (tertiary/aromatic N) is 2. The van der Waals surface area contributed by atoms with Crippen LogP contribution in [0.3, 0.4) is 0 Å². The largest absolute Gasteiger partial charge is 0.493 e. The third kappa shape index (κ3) is 2.38. The van der Waals surface area contributed by atoms with Gasteiger partial charge in [-0.15, -0.1) is 0 Å². The highest BCUT2D eigenvalue weighted by Crippen LogP contribution is 2.34. The fourth-order valence-electron chi connectivity index (χ4n) is 1.64. The van der Waals surface area contributed by atoms with E-state index >= 15 is 0 Å². The van der Waals surface area contributed by atoms with Crippen molar-refractivity contribution in [1.82, 2.24) is 9.97 Å². The standard InChI is InChI=1S/C13H13ClN2O2/c1-8-15-7-10(13(14)16-8)9-4-5-11(17-2)12(6-9)18-3/h4-7H,1-3H3. The minimum Gasteiger partial charge on any atom is -0.493 e. The van der Waals surface area contributed by atoms with Gasteiger partial charge in [0.25, 0.3) is 0 Å². The summed E-state index contributed by atoms with van der Waals surface area (Å²) >= 11 is 6.11. The van der Waals surface area contributed by atoms with Crippen LogP contribution in [0.2, 0.25) is 5.15 Å². The molecule has 4 nitrogen and oxygen atoms in total. The Bertz CT molecular complexity index is 573. The number of rotatable bonds is 3. The lowest BCUT2D eigenvalue weighted by atomic mass is 10.1. The van der Waals surface area contributed by atoms with Crippen LogP contribution in [-0.4, -0.2) is 24.2 Å². The van der Waals surface area contributed by atoms with Gasteiger partial charge in [0.2, 0.25) is 0 Å². The van der Waals surface area contributed by atoms with Crippen molar-refractivity contribution in [1.29, 1.82) is 0 Å². The van der Waals surface area contributed by atoms with E-state index < -0.39 is 0 Å². The monoisotopic (exact) mass is 264 g/mol. The molecule has 0 bridgehead atoms. The normalized spacial score (nSPS) is 10.2. The van der Waals surface area contributed by atoms with Gasteiger partial charge in [-0.05, 0) is 24.6 Å². The summed E-state index contributed by atoms with van der Waals surface area (Å²) in [5.41, 5.74) is 1.65. The Kier molecular flexibility index (Phi) is 3.67. The van der Waals surface area contributed by atoms with Gasteiger partial charge in [-0.25, -0.2) is 9.97 Å². The van der Waals surface area contributed by atoms with Crippen LogP contribution >= 0.6 is 11.6 Å². The summed E-state index contributed by atoms with van der Waals surface area (Å²) < 4.78 is 10.4. The van der Waals surface area contributed by atoms with E-state index in [1.54, 1.807) is 27.3 Å². The number of hydrogen-bond acceptors (Lipinski definition) is 4. The minimum atomic E-state index is 0.426. The van der Waals surface area contributed by atoms with Gasteiger partial charge >= 0.3 is 0 Å². The van der Waals surface area contributed by atoms with Crippen LogP contribution < -0.4 is 9.47 Å². The van der Waals surface area contributed by atoms with Crippen molar-refractivity contribution in [3.63, 3.8) is 0 Å². The molecule has 0 aliphatic carbocycles. The van der Waals surface area contributed by atoms with E-state index in [2.05, 4.69) is 9.97 Å². The fourth-order valence-corrected chi connectivity index (χ4v) is 1.92. The van der Waals surface area contributed by atoms with E-state index in [1.807, 2.05) is 18.2 Å². The number of aromatic nitrogens is 2. The summed E-state index contributed by atoms with van der Waals surface area (Å²) in [7, 11) is 3.19. The van der Waals surface area contributed by atoms with E-state index in [1.165, 1.54) is 0 Å². The topological polar surface area (TPSA) is 44.2 Å². The zero-order valence-corrected chi connectivity index (χ0v) is 11.2. The molecule has 0 amide bonds. The third-order valence-corrected chi connectivity index (χ3v) is 2.85. The van der Waals surface area contributed by atoms with Gasteiger partial charge in [0, 0.05) is 11.8 Å². The molecule has 0 aliphatic heterocycles. The molecule has 0 unspecified atom stereocenters. The average Bonchev–Trinajstić information content (AvgIpc) is 2.38. The summed E-state index contributed by atoms with van der Waals surface area (Å²) in [6.45, 7) is 1.80.